The first-order valence-electron chi connectivity index (χ1n) is 11.2. The maximum Gasteiger partial charge on any atom is 0.326 e. The molecule has 15 heteroatoms. The lowest BCUT2D eigenvalue weighted by atomic mass is 10.1. The maximum atomic E-state index is 13.2. The van der Waals surface area contributed by atoms with Crippen LogP contribution in [-0.4, -0.2) is 99.2 Å². The fourth-order valence-electron chi connectivity index (χ4n) is 3.54. The summed E-state index contributed by atoms with van der Waals surface area (Å²) in [4.78, 5) is 66.0. The second-order valence-corrected chi connectivity index (χ2v) is 8.30. The fourth-order valence-corrected chi connectivity index (χ4v) is 3.54. The lowest BCUT2D eigenvalue weighted by Crippen LogP contribution is -2.58. The number of aliphatic imine (C=N–C) groups is 1. The third-order valence-corrected chi connectivity index (χ3v) is 5.48. The minimum atomic E-state index is -1.37. The van der Waals surface area contributed by atoms with E-state index < -0.39 is 66.4 Å². The molecule has 0 radical (unpaired) electrons. The Labute approximate surface area is 202 Å². The highest BCUT2D eigenvalue weighted by Crippen LogP contribution is 2.20. The van der Waals surface area contributed by atoms with Gasteiger partial charge in [0.05, 0.1) is 6.10 Å². The van der Waals surface area contributed by atoms with Gasteiger partial charge in [0, 0.05) is 19.5 Å². The summed E-state index contributed by atoms with van der Waals surface area (Å²) in [5.41, 5.74) is 16.2. The van der Waals surface area contributed by atoms with Gasteiger partial charge in [0.1, 0.15) is 24.2 Å². The standard InChI is InChI=1S/C20H35N7O8/c1-10(28)15(21)17(32)25-11(6-7-14(29)30)16(31)26-12(4-2-8-24-20(22)23)18(33)27-9-3-5-13(27)19(34)35/h10-13,15,28H,2-9,21H2,1H3,(H,25,32)(H,26,31)(H,29,30)(H,34,35)(H4,22,23,24). The summed E-state index contributed by atoms with van der Waals surface area (Å²) in [6.07, 6.45) is -0.952. The predicted molar refractivity (Wildman–Crippen MR) is 123 cm³/mol. The molecule has 1 saturated heterocycles. The number of carboxylic acids is 2. The Morgan fingerprint density at radius 1 is 1.06 bits per heavy atom. The number of aliphatic carboxylic acids is 2. The van der Waals surface area contributed by atoms with E-state index in [9.17, 15) is 34.2 Å². The van der Waals surface area contributed by atoms with Crippen molar-refractivity contribution in [2.75, 3.05) is 13.1 Å². The quantitative estimate of drug-likeness (QED) is 0.0662. The number of rotatable bonds is 14. The molecule has 11 N–H and O–H groups in total. The van der Waals surface area contributed by atoms with Crippen LogP contribution in [0.1, 0.15) is 45.4 Å². The Hall–Kier alpha value is -3.46. The molecule has 0 aliphatic carbocycles. The van der Waals surface area contributed by atoms with Gasteiger partial charge < -0.3 is 48.1 Å². The summed E-state index contributed by atoms with van der Waals surface area (Å²) in [7, 11) is 0. The zero-order chi connectivity index (χ0) is 26.7. The van der Waals surface area contributed by atoms with Crippen molar-refractivity contribution in [3.63, 3.8) is 0 Å². The number of guanidine groups is 1. The number of carbonyl (C=O) groups excluding carboxylic acids is 3. The van der Waals surface area contributed by atoms with Crippen molar-refractivity contribution in [3.05, 3.63) is 0 Å². The molecule has 5 atom stereocenters. The Morgan fingerprint density at radius 2 is 1.69 bits per heavy atom. The number of carboxylic acid groups (broad SMARTS) is 2. The number of hydrogen-bond donors (Lipinski definition) is 8. The van der Waals surface area contributed by atoms with E-state index in [0.717, 1.165) is 0 Å². The van der Waals surface area contributed by atoms with Gasteiger partial charge in [-0.15, -0.1) is 0 Å². The van der Waals surface area contributed by atoms with Crippen molar-refractivity contribution >= 4 is 35.6 Å². The molecule has 5 unspecified atom stereocenters. The molecular formula is C20H35N7O8. The number of amides is 3. The summed E-state index contributed by atoms with van der Waals surface area (Å²) in [6.45, 7) is 1.61. The van der Waals surface area contributed by atoms with E-state index in [1.54, 1.807) is 0 Å². The second-order valence-electron chi connectivity index (χ2n) is 8.30. The summed E-state index contributed by atoms with van der Waals surface area (Å²) in [5.74, 6) is -4.91. The number of aliphatic hydroxyl groups excluding tert-OH is 1. The maximum absolute atomic E-state index is 13.2. The largest absolute Gasteiger partial charge is 0.481 e. The van der Waals surface area contributed by atoms with Crippen LogP contribution in [0.3, 0.4) is 0 Å². The van der Waals surface area contributed by atoms with E-state index in [-0.39, 0.29) is 44.7 Å². The van der Waals surface area contributed by atoms with Gasteiger partial charge >= 0.3 is 11.9 Å². The van der Waals surface area contributed by atoms with Crippen LogP contribution in [-0.2, 0) is 24.0 Å². The van der Waals surface area contributed by atoms with Crippen LogP contribution in [0.2, 0.25) is 0 Å². The SMILES string of the molecule is CC(O)C(N)C(=O)NC(CCC(=O)O)C(=O)NC(CCCN=C(N)N)C(=O)N1CCCC1C(=O)O. The predicted octanol–water partition coefficient (Wildman–Crippen LogP) is -3.34. The second kappa shape index (κ2) is 14.1. The van der Waals surface area contributed by atoms with E-state index in [1.165, 1.54) is 11.8 Å². The van der Waals surface area contributed by atoms with Gasteiger partial charge in [0.25, 0.3) is 0 Å². The van der Waals surface area contributed by atoms with Gasteiger partial charge in [-0.25, -0.2) is 4.79 Å². The van der Waals surface area contributed by atoms with E-state index >= 15 is 0 Å². The lowest BCUT2D eigenvalue weighted by molar-refractivity contribution is -0.149. The van der Waals surface area contributed by atoms with E-state index in [1.807, 2.05) is 0 Å². The van der Waals surface area contributed by atoms with Gasteiger partial charge in [-0.1, -0.05) is 0 Å². The molecular weight excluding hydrogens is 466 g/mol. The third-order valence-electron chi connectivity index (χ3n) is 5.48. The number of hydrogen-bond acceptors (Lipinski definition) is 8. The number of nitrogens with zero attached hydrogens (tertiary/aromatic N) is 2. The zero-order valence-corrected chi connectivity index (χ0v) is 19.6. The molecule has 0 aromatic rings. The Morgan fingerprint density at radius 3 is 2.23 bits per heavy atom. The smallest absolute Gasteiger partial charge is 0.326 e. The highest BCUT2D eigenvalue weighted by molar-refractivity contribution is 5.94. The first kappa shape index (κ1) is 29.6. The summed E-state index contributed by atoms with van der Waals surface area (Å²) in [6, 6.07) is -4.95. The van der Waals surface area contributed by atoms with Crippen LogP contribution >= 0.6 is 0 Å². The molecule has 0 aromatic carbocycles. The number of carbonyl (C=O) groups is 5. The van der Waals surface area contributed by atoms with Gasteiger partial charge in [-0.05, 0) is 39.0 Å². The molecule has 1 rings (SSSR count). The molecule has 1 fully saturated rings. The highest BCUT2D eigenvalue weighted by Gasteiger charge is 2.38. The van der Waals surface area contributed by atoms with Crippen LogP contribution in [0, 0.1) is 0 Å². The molecule has 1 aliphatic heterocycles. The minimum absolute atomic E-state index is 0.0526. The van der Waals surface area contributed by atoms with Crippen molar-refractivity contribution in [2.45, 2.75) is 75.7 Å². The van der Waals surface area contributed by atoms with Crippen molar-refractivity contribution < 1.29 is 39.3 Å². The fraction of sp³-hybridized carbons (Fsp3) is 0.700. The van der Waals surface area contributed by atoms with Crippen molar-refractivity contribution in [1.29, 1.82) is 0 Å². The minimum Gasteiger partial charge on any atom is -0.481 e. The van der Waals surface area contributed by atoms with Gasteiger partial charge in [-0.3, -0.25) is 24.2 Å². The Bertz CT molecular complexity index is 815. The first-order chi connectivity index (χ1) is 16.3. The van der Waals surface area contributed by atoms with Crippen LogP contribution in [0.15, 0.2) is 4.99 Å². The molecule has 35 heavy (non-hydrogen) atoms. The average molecular weight is 502 g/mol. The number of nitrogens with one attached hydrogen (secondary N) is 2. The number of nitrogens with two attached hydrogens (primary N) is 3. The molecule has 0 bridgehead atoms. The monoisotopic (exact) mass is 501 g/mol. The topological polar surface area (TPSA) is 264 Å². The molecule has 198 valence electrons. The van der Waals surface area contributed by atoms with Crippen molar-refractivity contribution in [3.8, 4) is 0 Å². The number of likely N-dealkylation sites (tertiary alicyclic amines) is 1. The molecule has 0 saturated carbocycles. The highest BCUT2D eigenvalue weighted by atomic mass is 16.4. The zero-order valence-electron chi connectivity index (χ0n) is 19.6. The van der Waals surface area contributed by atoms with Gasteiger partial charge in [-0.2, -0.15) is 0 Å². The Kier molecular flexibility index (Phi) is 11.9. The number of aliphatic hydroxyl groups is 1. The molecule has 15 nitrogen and oxygen atoms in total. The summed E-state index contributed by atoms with van der Waals surface area (Å²) in [5, 5.41) is 32.7. The average Bonchev–Trinajstić information content (AvgIpc) is 3.27. The van der Waals surface area contributed by atoms with Crippen LogP contribution < -0.4 is 27.8 Å². The van der Waals surface area contributed by atoms with E-state index in [4.69, 9.17) is 22.3 Å². The van der Waals surface area contributed by atoms with E-state index in [2.05, 4.69) is 15.6 Å². The summed E-state index contributed by atoms with van der Waals surface area (Å²) >= 11 is 0. The van der Waals surface area contributed by atoms with Crippen LogP contribution in [0.25, 0.3) is 0 Å². The summed E-state index contributed by atoms with van der Waals surface area (Å²) < 4.78 is 0. The molecule has 1 aliphatic rings. The molecule has 0 spiro atoms. The van der Waals surface area contributed by atoms with Crippen molar-refractivity contribution in [2.24, 2.45) is 22.2 Å². The molecule has 3 amide bonds. The van der Waals surface area contributed by atoms with Crippen LogP contribution in [0.5, 0.6) is 0 Å². The van der Waals surface area contributed by atoms with Gasteiger partial charge in [0.2, 0.25) is 17.7 Å². The normalized spacial score (nSPS) is 18.6. The molecule has 1 heterocycles. The lowest BCUT2D eigenvalue weighted by Gasteiger charge is -2.29. The third kappa shape index (κ3) is 9.74. The van der Waals surface area contributed by atoms with Crippen LogP contribution in [0.4, 0.5) is 0 Å². The molecule has 0 aromatic heterocycles. The van der Waals surface area contributed by atoms with E-state index in [0.29, 0.717) is 6.42 Å². The first-order valence-corrected chi connectivity index (χ1v) is 11.2. The van der Waals surface area contributed by atoms with Gasteiger partial charge in [0.15, 0.2) is 5.96 Å². The Balaban J connectivity index is 3.07. The van der Waals surface area contributed by atoms with Crippen molar-refractivity contribution in [1.82, 2.24) is 15.5 Å².